The summed E-state index contributed by atoms with van der Waals surface area (Å²) in [5.41, 5.74) is 1.68. The molecule has 4 fully saturated rings. The van der Waals surface area contributed by atoms with Gasteiger partial charge in [0.15, 0.2) is 0 Å². The highest BCUT2D eigenvalue weighted by molar-refractivity contribution is 5.83. The van der Waals surface area contributed by atoms with Crippen LogP contribution in [-0.2, 0) is 25.7 Å². The van der Waals surface area contributed by atoms with Crippen LogP contribution in [0.1, 0.15) is 118 Å². The molecule has 1 aromatic carbocycles. The first-order valence-electron chi connectivity index (χ1n) is 16.9. The highest BCUT2D eigenvalue weighted by atomic mass is 16.6. The minimum absolute atomic E-state index is 0.370. The minimum Gasteiger partial charge on any atom is -0.457 e. The van der Waals surface area contributed by atoms with Crippen LogP contribution in [0.4, 0.5) is 0 Å². The van der Waals surface area contributed by atoms with E-state index >= 15 is 0 Å². The van der Waals surface area contributed by atoms with E-state index in [1.165, 1.54) is 63.4 Å². The van der Waals surface area contributed by atoms with Crippen molar-refractivity contribution in [3.8, 4) is 0 Å². The van der Waals surface area contributed by atoms with E-state index in [1.54, 1.807) is 0 Å². The van der Waals surface area contributed by atoms with Crippen molar-refractivity contribution in [2.24, 2.45) is 46.3 Å². The number of hydrogen-bond acceptors (Lipinski definition) is 4. The first-order valence-corrected chi connectivity index (χ1v) is 16.9. The molecule has 1 aromatic rings. The standard InChI is InChI=1S/C31H46O2.C7H12O2/c1-22(10-9-19-33-21-23-11-5-4-6-12-23)25-14-15-26-29-27(16-18-31(25,26)3)30(2)17-8-7-13-24(30)20-28(29)32;1-5-6(8)9-7(2,3)4/h4-6,11-12,22,24-27,29H,7-10,13-21H2,1-3H3;5H,1H2,2-4H3/t22?,24?,25-,26+,27+,29+,30+,31-;/m1./s1. The van der Waals surface area contributed by atoms with Gasteiger partial charge in [-0.25, -0.2) is 4.79 Å². The predicted octanol–water partition coefficient (Wildman–Crippen LogP) is 9.36. The van der Waals surface area contributed by atoms with E-state index < -0.39 is 5.60 Å². The second kappa shape index (κ2) is 13.8. The summed E-state index contributed by atoms with van der Waals surface area (Å²) in [6, 6.07) is 10.5. The Balaban J connectivity index is 0.000000392. The molecule has 5 rings (SSSR count). The van der Waals surface area contributed by atoms with Crippen LogP contribution in [0.25, 0.3) is 0 Å². The number of fused-ring (bicyclic) bond motifs is 5. The topological polar surface area (TPSA) is 52.6 Å². The Morgan fingerprint density at radius 3 is 2.40 bits per heavy atom. The number of esters is 1. The Labute approximate surface area is 256 Å². The second-order valence-corrected chi connectivity index (χ2v) is 15.5. The molecular weight excluding hydrogens is 520 g/mol. The Morgan fingerprint density at radius 1 is 1.02 bits per heavy atom. The number of carbonyl (C=O) groups is 2. The third-order valence-corrected chi connectivity index (χ3v) is 11.8. The zero-order valence-corrected chi connectivity index (χ0v) is 27.5. The van der Waals surface area contributed by atoms with Gasteiger partial charge in [-0.1, -0.05) is 70.5 Å². The van der Waals surface area contributed by atoms with Gasteiger partial charge < -0.3 is 9.47 Å². The number of ether oxygens (including phenoxy) is 2. The molecule has 42 heavy (non-hydrogen) atoms. The van der Waals surface area contributed by atoms with Crippen molar-refractivity contribution in [3.63, 3.8) is 0 Å². The Hall–Kier alpha value is -1.94. The van der Waals surface area contributed by atoms with Gasteiger partial charge in [0.2, 0.25) is 0 Å². The summed E-state index contributed by atoms with van der Waals surface area (Å²) in [7, 11) is 0. The molecule has 0 saturated heterocycles. The Kier molecular flexibility index (Phi) is 10.8. The van der Waals surface area contributed by atoms with Gasteiger partial charge >= 0.3 is 5.97 Å². The maximum absolute atomic E-state index is 13.5. The fourth-order valence-corrected chi connectivity index (χ4v) is 9.75. The van der Waals surface area contributed by atoms with Gasteiger partial charge in [-0.3, -0.25) is 4.79 Å². The van der Waals surface area contributed by atoms with Crippen LogP contribution in [0, 0.1) is 46.3 Å². The van der Waals surface area contributed by atoms with E-state index in [-0.39, 0.29) is 5.97 Å². The number of rotatable bonds is 8. The summed E-state index contributed by atoms with van der Waals surface area (Å²) in [5, 5.41) is 0. The second-order valence-electron chi connectivity index (χ2n) is 15.5. The van der Waals surface area contributed by atoms with Crippen LogP contribution >= 0.6 is 0 Å². The van der Waals surface area contributed by atoms with Gasteiger partial charge in [0.25, 0.3) is 0 Å². The van der Waals surface area contributed by atoms with Crippen molar-refractivity contribution in [1.29, 1.82) is 0 Å². The lowest BCUT2D eigenvalue weighted by Crippen LogP contribution is -2.56. The Bertz CT molecular complexity index is 1060. The van der Waals surface area contributed by atoms with Crippen LogP contribution in [0.15, 0.2) is 43.0 Å². The van der Waals surface area contributed by atoms with Crippen molar-refractivity contribution < 1.29 is 19.1 Å². The molecule has 4 aliphatic rings. The largest absolute Gasteiger partial charge is 0.457 e. The normalized spacial score (nSPS) is 34.6. The number of carbonyl (C=O) groups excluding carboxylic acids is 2. The van der Waals surface area contributed by atoms with Gasteiger partial charge in [-0.15, -0.1) is 0 Å². The zero-order chi connectivity index (χ0) is 30.5. The van der Waals surface area contributed by atoms with E-state index in [9.17, 15) is 9.59 Å². The third-order valence-electron chi connectivity index (χ3n) is 11.8. The average molecular weight is 579 g/mol. The van der Waals surface area contributed by atoms with Crippen LogP contribution in [-0.4, -0.2) is 24.0 Å². The molecule has 4 aliphatic carbocycles. The van der Waals surface area contributed by atoms with Gasteiger partial charge in [-0.2, -0.15) is 0 Å². The molecule has 4 heteroatoms. The maximum Gasteiger partial charge on any atom is 0.330 e. The minimum atomic E-state index is -0.398. The lowest BCUT2D eigenvalue weighted by molar-refractivity contribution is -0.156. The summed E-state index contributed by atoms with van der Waals surface area (Å²) in [5.74, 6) is 4.15. The van der Waals surface area contributed by atoms with Gasteiger partial charge in [0.1, 0.15) is 11.4 Å². The van der Waals surface area contributed by atoms with E-state index in [0.29, 0.717) is 40.3 Å². The predicted molar refractivity (Wildman–Crippen MR) is 171 cm³/mol. The third kappa shape index (κ3) is 7.40. The van der Waals surface area contributed by atoms with E-state index in [1.807, 2.05) is 20.8 Å². The maximum atomic E-state index is 13.5. The molecule has 0 aliphatic heterocycles. The number of hydrogen-bond donors (Lipinski definition) is 0. The van der Waals surface area contributed by atoms with E-state index in [0.717, 1.165) is 44.0 Å². The zero-order valence-electron chi connectivity index (χ0n) is 27.5. The molecule has 0 heterocycles. The molecular formula is C38H58O4. The molecule has 4 saturated carbocycles. The SMILES string of the molecule is C=CC(=O)OC(C)(C)C.CC(CCCOCc1ccccc1)[C@H]1CC[C@H]2[C@@H]3C(=O)CC4CCCC[C@]4(C)[C@H]3CC[C@]12C. The number of ketones is 1. The van der Waals surface area contributed by atoms with Gasteiger partial charge in [-0.05, 0) is 118 Å². The lowest BCUT2D eigenvalue weighted by atomic mass is 9.44. The molecule has 0 spiro atoms. The monoisotopic (exact) mass is 578 g/mol. The molecule has 0 bridgehead atoms. The van der Waals surface area contributed by atoms with E-state index in [4.69, 9.17) is 9.47 Å². The smallest absolute Gasteiger partial charge is 0.330 e. The molecule has 8 atom stereocenters. The van der Waals surface area contributed by atoms with Crippen LogP contribution in [0.2, 0.25) is 0 Å². The summed E-state index contributed by atoms with van der Waals surface area (Å²) >= 11 is 0. The van der Waals surface area contributed by atoms with Crippen molar-refractivity contribution >= 4 is 11.8 Å². The first kappa shape index (κ1) is 33.0. The number of benzene rings is 1. The fraction of sp³-hybridized carbons (Fsp3) is 0.737. The average Bonchev–Trinajstić information content (AvgIpc) is 3.30. The van der Waals surface area contributed by atoms with Crippen molar-refractivity contribution in [3.05, 3.63) is 48.6 Å². The lowest BCUT2D eigenvalue weighted by Gasteiger charge is -2.60. The molecule has 0 N–H and O–H groups in total. The molecule has 0 amide bonds. The fourth-order valence-electron chi connectivity index (χ4n) is 9.75. The van der Waals surface area contributed by atoms with Crippen LogP contribution in [0.5, 0.6) is 0 Å². The molecule has 4 nitrogen and oxygen atoms in total. The van der Waals surface area contributed by atoms with Crippen LogP contribution in [0.3, 0.4) is 0 Å². The summed E-state index contributed by atoms with van der Waals surface area (Å²) in [6.45, 7) is 17.9. The summed E-state index contributed by atoms with van der Waals surface area (Å²) in [6.07, 6.45) is 15.2. The van der Waals surface area contributed by atoms with Crippen molar-refractivity contribution in [1.82, 2.24) is 0 Å². The van der Waals surface area contributed by atoms with Gasteiger partial charge in [0, 0.05) is 25.0 Å². The number of Topliss-reactive ketones (excluding diaryl/α,β-unsaturated/α-hetero) is 1. The van der Waals surface area contributed by atoms with Crippen LogP contribution < -0.4 is 0 Å². The quantitative estimate of drug-likeness (QED) is 0.175. The van der Waals surface area contributed by atoms with Crippen molar-refractivity contribution in [2.75, 3.05) is 6.61 Å². The molecule has 2 unspecified atom stereocenters. The van der Waals surface area contributed by atoms with Crippen molar-refractivity contribution in [2.45, 2.75) is 124 Å². The summed E-state index contributed by atoms with van der Waals surface area (Å²) in [4.78, 5) is 24.0. The highest BCUT2D eigenvalue weighted by Gasteiger charge is 2.62. The molecule has 0 radical (unpaired) electrons. The van der Waals surface area contributed by atoms with E-state index in [2.05, 4.69) is 57.7 Å². The molecule has 0 aromatic heterocycles. The highest BCUT2D eigenvalue weighted by Crippen LogP contribution is 2.67. The summed E-state index contributed by atoms with van der Waals surface area (Å²) < 4.78 is 10.8. The molecule has 234 valence electrons. The first-order chi connectivity index (χ1) is 19.9. The van der Waals surface area contributed by atoms with Gasteiger partial charge in [0.05, 0.1) is 6.61 Å². The Morgan fingerprint density at radius 2 is 1.74 bits per heavy atom.